The maximum atomic E-state index is 13.4. The summed E-state index contributed by atoms with van der Waals surface area (Å²) in [5.41, 5.74) is 1.03. The van der Waals surface area contributed by atoms with Gasteiger partial charge < -0.3 is 19.7 Å². The molecular weight excluding hydrogens is 482 g/mol. The number of carbonyl (C=O) groups excluding carboxylic acids is 3. The molecule has 0 radical (unpaired) electrons. The van der Waals surface area contributed by atoms with Crippen molar-refractivity contribution >= 4 is 17.8 Å². The second-order valence-corrected chi connectivity index (χ2v) is 8.61. The van der Waals surface area contributed by atoms with Crippen molar-refractivity contribution in [2.75, 3.05) is 13.1 Å². The van der Waals surface area contributed by atoms with Crippen LogP contribution in [0, 0.1) is 5.92 Å². The monoisotopic (exact) mass is 508 g/mol. The van der Waals surface area contributed by atoms with E-state index in [1.54, 1.807) is 60.7 Å². The van der Waals surface area contributed by atoms with Gasteiger partial charge in [0.2, 0.25) is 12.3 Å². The maximum absolute atomic E-state index is 13.4. The van der Waals surface area contributed by atoms with Crippen LogP contribution >= 0.6 is 0 Å². The van der Waals surface area contributed by atoms with Gasteiger partial charge in [0.1, 0.15) is 24.1 Å². The van der Waals surface area contributed by atoms with Crippen LogP contribution < -0.4 is 10.1 Å². The molecule has 0 saturated carbocycles. The van der Waals surface area contributed by atoms with Crippen molar-refractivity contribution in [2.24, 2.45) is 5.92 Å². The number of rotatable bonds is 9. The van der Waals surface area contributed by atoms with Gasteiger partial charge in [0.25, 0.3) is 5.91 Å². The third-order valence-corrected chi connectivity index (χ3v) is 6.00. The molecule has 1 N–H and O–H groups in total. The number of esters is 1. The van der Waals surface area contributed by atoms with Crippen LogP contribution in [0.2, 0.25) is 0 Å². The summed E-state index contributed by atoms with van der Waals surface area (Å²) in [6.07, 6.45) is -2.89. The zero-order valence-corrected chi connectivity index (χ0v) is 19.9. The molecule has 1 saturated heterocycles. The Morgan fingerprint density at radius 2 is 1.51 bits per heavy atom. The Hall–Kier alpha value is -4.27. The molecule has 7 nitrogen and oxygen atoms in total. The highest BCUT2D eigenvalue weighted by atomic mass is 19.3. The average Bonchev–Trinajstić information content (AvgIpc) is 3.38. The normalized spacial score (nSPS) is 16.9. The molecule has 0 spiro atoms. The van der Waals surface area contributed by atoms with E-state index in [9.17, 15) is 23.2 Å². The van der Waals surface area contributed by atoms with Crippen molar-refractivity contribution in [3.63, 3.8) is 0 Å². The Kier molecular flexibility index (Phi) is 8.45. The molecular formula is C28H26F2N2O5. The molecule has 2 amide bonds. The quantitative estimate of drug-likeness (QED) is 0.432. The van der Waals surface area contributed by atoms with Crippen molar-refractivity contribution in [1.82, 2.24) is 10.2 Å². The first-order valence-corrected chi connectivity index (χ1v) is 11.8. The third kappa shape index (κ3) is 6.91. The minimum Gasteiger partial charge on any atom is -0.459 e. The van der Waals surface area contributed by atoms with E-state index in [-0.39, 0.29) is 19.6 Å². The molecule has 1 fully saturated rings. The van der Waals surface area contributed by atoms with E-state index in [1.807, 2.05) is 24.3 Å². The highest BCUT2D eigenvalue weighted by Gasteiger charge is 2.43. The van der Waals surface area contributed by atoms with Gasteiger partial charge in [-0.05, 0) is 48.4 Å². The first-order chi connectivity index (χ1) is 17.9. The lowest BCUT2D eigenvalue weighted by molar-refractivity contribution is -0.154. The summed E-state index contributed by atoms with van der Waals surface area (Å²) in [7, 11) is 0. The van der Waals surface area contributed by atoms with Gasteiger partial charge in [0.15, 0.2) is 0 Å². The lowest BCUT2D eigenvalue weighted by Gasteiger charge is -2.23. The molecule has 0 aliphatic carbocycles. The van der Waals surface area contributed by atoms with Crippen LogP contribution in [0.4, 0.5) is 8.78 Å². The zero-order chi connectivity index (χ0) is 26.2. The first-order valence-electron chi connectivity index (χ1n) is 11.8. The third-order valence-electron chi connectivity index (χ3n) is 6.00. The van der Waals surface area contributed by atoms with E-state index in [2.05, 4.69) is 5.32 Å². The number of likely N-dealkylation sites (tertiary alicyclic amines) is 1. The van der Waals surface area contributed by atoms with Gasteiger partial charge in [0.05, 0.1) is 6.54 Å². The molecule has 3 aromatic carbocycles. The lowest BCUT2D eigenvalue weighted by Crippen LogP contribution is -2.46. The van der Waals surface area contributed by atoms with Crippen molar-refractivity contribution in [3.8, 4) is 11.5 Å². The summed E-state index contributed by atoms with van der Waals surface area (Å²) < 4.78 is 37.8. The zero-order valence-electron chi connectivity index (χ0n) is 19.9. The van der Waals surface area contributed by atoms with Crippen LogP contribution in [-0.2, 0) is 20.9 Å². The van der Waals surface area contributed by atoms with E-state index < -0.39 is 42.7 Å². The second kappa shape index (κ2) is 12.1. The van der Waals surface area contributed by atoms with Gasteiger partial charge in [0, 0.05) is 18.0 Å². The average molecular weight is 509 g/mol. The Morgan fingerprint density at radius 3 is 2.16 bits per heavy atom. The number of benzene rings is 3. The molecule has 0 bridgehead atoms. The number of halogens is 2. The molecule has 4 rings (SSSR count). The number of ether oxygens (including phenoxy) is 2. The number of alkyl halides is 2. The van der Waals surface area contributed by atoms with E-state index in [1.165, 1.54) is 0 Å². The van der Waals surface area contributed by atoms with E-state index in [0.29, 0.717) is 17.1 Å². The minimum absolute atomic E-state index is 0.0295. The van der Waals surface area contributed by atoms with Gasteiger partial charge in [-0.15, -0.1) is 0 Å². The van der Waals surface area contributed by atoms with Crippen LogP contribution in [0.3, 0.4) is 0 Å². The van der Waals surface area contributed by atoms with Crippen LogP contribution in [0.15, 0.2) is 84.9 Å². The molecule has 0 aromatic heterocycles. The fourth-order valence-electron chi connectivity index (χ4n) is 4.03. The topological polar surface area (TPSA) is 84.9 Å². The Morgan fingerprint density at radius 1 is 0.892 bits per heavy atom. The molecule has 0 unspecified atom stereocenters. The summed E-state index contributed by atoms with van der Waals surface area (Å²) in [4.78, 5) is 39.1. The smallest absolute Gasteiger partial charge is 0.329 e. The van der Waals surface area contributed by atoms with E-state index >= 15 is 0 Å². The highest BCUT2D eigenvalue weighted by molar-refractivity contribution is 5.97. The van der Waals surface area contributed by atoms with E-state index in [4.69, 9.17) is 9.47 Å². The second-order valence-electron chi connectivity index (χ2n) is 8.61. The fourth-order valence-corrected chi connectivity index (χ4v) is 4.03. The van der Waals surface area contributed by atoms with Gasteiger partial charge >= 0.3 is 5.97 Å². The lowest BCUT2D eigenvalue weighted by atomic mass is 10.1. The molecule has 37 heavy (non-hydrogen) atoms. The number of amides is 2. The van der Waals surface area contributed by atoms with Gasteiger partial charge in [-0.2, -0.15) is 0 Å². The van der Waals surface area contributed by atoms with Gasteiger partial charge in [-0.25, -0.2) is 13.6 Å². The summed E-state index contributed by atoms with van der Waals surface area (Å²) >= 11 is 0. The van der Waals surface area contributed by atoms with E-state index in [0.717, 1.165) is 10.5 Å². The molecule has 1 aliphatic rings. The summed E-state index contributed by atoms with van der Waals surface area (Å²) in [6, 6.07) is 23.3. The predicted octanol–water partition coefficient (Wildman–Crippen LogP) is 4.43. The van der Waals surface area contributed by atoms with Crippen molar-refractivity contribution in [1.29, 1.82) is 0 Å². The summed E-state index contributed by atoms with van der Waals surface area (Å²) in [5.74, 6) is -1.87. The highest BCUT2D eigenvalue weighted by Crippen LogP contribution is 2.29. The largest absolute Gasteiger partial charge is 0.459 e. The van der Waals surface area contributed by atoms with Crippen LogP contribution in [0.25, 0.3) is 0 Å². The summed E-state index contributed by atoms with van der Waals surface area (Å²) in [5, 5.41) is 2.50. The number of nitrogens with one attached hydrogen (secondary N) is 1. The standard InChI is InChI=1S/C28H26F2N2O5/c29-26(30)21-15-24(28(35)36-18-19-7-3-1-4-8-19)32(17-21)25(33)16-31-27(34)20-11-13-23(14-12-20)37-22-9-5-2-6-10-22/h1-14,21,24,26H,15-18H2,(H,31,34)/t21-,24+/m1/s1. The Bertz CT molecular complexity index is 1210. The number of hydrogen-bond acceptors (Lipinski definition) is 5. The van der Waals surface area contributed by atoms with Crippen molar-refractivity contribution in [2.45, 2.75) is 25.5 Å². The molecule has 2 atom stereocenters. The number of nitrogens with zero attached hydrogens (tertiary/aromatic N) is 1. The van der Waals surface area contributed by atoms with Crippen LogP contribution in [0.1, 0.15) is 22.3 Å². The molecule has 9 heteroatoms. The Balaban J connectivity index is 1.33. The van der Waals surface area contributed by atoms with Gasteiger partial charge in [-0.1, -0.05) is 48.5 Å². The SMILES string of the molecule is O=C(NCC(=O)N1C[C@H](C(F)F)C[C@H]1C(=O)OCc1ccccc1)c1ccc(Oc2ccccc2)cc1. The number of carbonyl (C=O) groups is 3. The number of hydrogen-bond donors (Lipinski definition) is 1. The van der Waals surface area contributed by atoms with Crippen LogP contribution in [0.5, 0.6) is 11.5 Å². The predicted molar refractivity (Wildman–Crippen MR) is 131 cm³/mol. The first kappa shape index (κ1) is 25.8. The molecule has 3 aromatic rings. The Labute approximate surface area is 213 Å². The summed E-state index contributed by atoms with van der Waals surface area (Å²) in [6.45, 7) is -0.763. The molecule has 192 valence electrons. The fraction of sp³-hybridized carbons (Fsp3) is 0.250. The number of para-hydroxylation sites is 1. The van der Waals surface area contributed by atoms with Crippen LogP contribution in [-0.4, -0.2) is 48.2 Å². The molecule has 1 heterocycles. The van der Waals surface area contributed by atoms with Crippen molar-refractivity contribution < 1.29 is 32.6 Å². The minimum atomic E-state index is -2.69. The van der Waals surface area contributed by atoms with Gasteiger partial charge in [-0.3, -0.25) is 9.59 Å². The molecule has 1 aliphatic heterocycles. The maximum Gasteiger partial charge on any atom is 0.329 e. The van der Waals surface area contributed by atoms with Crippen molar-refractivity contribution in [3.05, 3.63) is 96.1 Å².